The first-order valence-electron chi connectivity index (χ1n) is 6.64. The van der Waals surface area contributed by atoms with Crippen molar-refractivity contribution < 1.29 is 4.74 Å². The third kappa shape index (κ3) is 3.72. The zero-order valence-corrected chi connectivity index (χ0v) is 11.0. The van der Waals surface area contributed by atoms with Crippen molar-refractivity contribution in [1.82, 2.24) is 10.2 Å². The first-order valence-corrected chi connectivity index (χ1v) is 6.64. The Bertz CT molecular complexity index is 226. The lowest BCUT2D eigenvalue weighted by molar-refractivity contribution is -0.0629. The van der Waals surface area contributed by atoms with Gasteiger partial charge in [0.2, 0.25) is 0 Å². The van der Waals surface area contributed by atoms with Gasteiger partial charge in [0.15, 0.2) is 0 Å². The molecule has 16 heavy (non-hydrogen) atoms. The van der Waals surface area contributed by atoms with E-state index in [9.17, 15) is 0 Å². The monoisotopic (exact) mass is 226 g/mol. The van der Waals surface area contributed by atoms with Crippen LogP contribution in [0.1, 0.15) is 39.5 Å². The molecule has 0 radical (unpaired) electrons. The maximum absolute atomic E-state index is 5.72. The summed E-state index contributed by atoms with van der Waals surface area (Å²) in [5.74, 6) is 0. The summed E-state index contributed by atoms with van der Waals surface area (Å²) in [5.41, 5.74) is 0.0678. The molecular weight excluding hydrogens is 200 g/mol. The second kappa shape index (κ2) is 5.03. The fourth-order valence-corrected chi connectivity index (χ4v) is 2.55. The van der Waals surface area contributed by atoms with Crippen molar-refractivity contribution in [2.45, 2.75) is 57.2 Å². The van der Waals surface area contributed by atoms with Crippen LogP contribution in [0.2, 0.25) is 0 Å². The van der Waals surface area contributed by atoms with Gasteiger partial charge in [0, 0.05) is 31.8 Å². The first-order chi connectivity index (χ1) is 7.57. The largest absolute Gasteiger partial charge is 0.375 e. The van der Waals surface area contributed by atoms with Crippen molar-refractivity contribution in [2.24, 2.45) is 0 Å². The molecule has 1 aliphatic heterocycles. The standard InChI is InChI=1S/C13H26N2O/c1-13(2)10-11(6-9-16-13)14-7-8-15(3)12-4-5-12/h11-12,14H,4-10H2,1-3H3. The van der Waals surface area contributed by atoms with Gasteiger partial charge in [-0.25, -0.2) is 0 Å². The van der Waals surface area contributed by atoms with Crippen LogP contribution in [0.3, 0.4) is 0 Å². The summed E-state index contributed by atoms with van der Waals surface area (Å²) in [6.45, 7) is 7.59. The third-order valence-electron chi connectivity index (χ3n) is 3.76. The van der Waals surface area contributed by atoms with Gasteiger partial charge in [0.05, 0.1) is 5.60 Å². The van der Waals surface area contributed by atoms with E-state index in [0.717, 1.165) is 32.0 Å². The second-order valence-corrected chi connectivity index (χ2v) is 5.96. The Morgan fingerprint density at radius 3 is 2.69 bits per heavy atom. The number of hydrogen-bond acceptors (Lipinski definition) is 3. The number of nitrogens with one attached hydrogen (secondary N) is 1. The molecule has 1 saturated carbocycles. The van der Waals surface area contributed by atoms with Crippen LogP contribution >= 0.6 is 0 Å². The molecule has 3 heteroatoms. The highest BCUT2D eigenvalue weighted by Crippen LogP contribution is 2.25. The maximum atomic E-state index is 5.72. The third-order valence-corrected chi connectivity index (χ3v) is 3.76. The minimum Gasteiger partial charge on any atom is -0.375 e. The van der Waals surface area contributed by atoms with Crippen LogP contribution in [-0.2, 0) is 4.74 Å². The van der Waals surface area contributed by atoms with E-state index in [1.54, 1.807) is 0 Å². The number of hydrogen-bond donors (Lipinski definition) is 1. The molecule has 0 aromatic rings. The highest BCUT2D eigenvalue weighted by Gasteiger charge is 2.29. The smallest absolute Gasteiger partial charge is 0.0641 e. The maximum Gasteiger partial charge on any atom is 0.0641 e. The van der Waals surface area contributed by atoms with Crippen LogP contribution in [0.15, 0.2) is 0 Å². The van der Waals surface area contributed by atoms with Crippen molar-refractivity contribution in [3.05, 3.63) is 0 Å². The van der Waals surface area contributed by atoms with Crippen LogP contribution in [-0.4, -0.2) is 49.3 Å². The minimum atomic E-state index is 0.0678. The van der Waals surface area contributed by atoms with Crippen molar-refractivity contribution in [3.63, 3.8) is 0 Å². The van der Waals surface area contributed by atoms with E-state index in [1.165, 1.54) is 19.4 Å². The Balaban J connectivity index is 1.61. The molecular formula is C13H26N2O. The minimum absolute atomic E-state index is 0.0678. The Hall–Kier alpha value is -0.120. The van der Waals surface area contributed by atoms with Gasteiger partial charge in [0.25, 0.3) is 0 Å². The number of ether oxygens (including phenoxy) is 1. The summed E-state index contributed by atoms with van der Waals surface area (Å²) in [7, 11) is 2.24. The second-order valence-electron chi connectivity index (χ2n) is 5.96. The number of rotatable bonds is 5. The van der Waals surface area contributed by atoms with Gasteiger partial charge < -0.3 is 15.0 Å². The lowest BCUT2D eigenvalue weighted by atomic mass is 9.94. The zero-order valence-electron chi connectivity index (χ0n) is 11.0. The molecule has 1 unspecified atom stereocenters. The molecule has 0 bridgehead atoms. The van der Waals surface area contributed by atoms with Crippen LogP contribution in [0, 0.1) is 0 Å². The molecule has 0 aromatic heterocycles. The number of nitrogens with zero attached hydrogens (tertiary/aromatic N) is 1. The lowest BCUT2D eigenvalue weighted by Crippen LogP contribution is -2.45. The summed E-state index contributed by atoms with van der Waals surface area (Å²) < 4.78 is 5.72. The predicted molar refractivity (Wildman–Crippen MR) is 66.7 cm³/mol. The van der Waals surface area contributed by atoms with Gasteiger partial charge >= 0.3 is 0 Å². The Labute approximate surface area is 99.5 Å². The highest BCUT2D eigenvalue weighted by molar-refractivity contribution is 4.85. The zero-order chi connectivity index (χ0) is 11.6. The van der Waals surface area contributed by atoms with E-state index >= 15 is 0 Å². The average molecular weight is 226 g/mol. The lowest BCUT2D eigenvalue weighted by Gasteiger charge is -2.36. The molecule has 1 atom stereocenters. The first kappa shape index (κ1) is 12.3. The van der Waals surface area contributed by atoms with Gasteiger partial charge in [-0.2, -0.15) is 0 Å². The summed E-state index contributed by atoms with van der Waals surface area (Å²) in [5, 5.41) is 3.67. The van der Waals surface area contributed by atoms with E-state index in [4.69, 9.17) is 4.74 Å². The van der Waals surface area contributed by atoms with Crippen molar-refractivity contribution in [1.29, 1.82) is 0 Å². The quantitative estimate of drug-likeness (QED) is 0.771. The van der Waals surface area contributed by atoms with E-state index in [2.05, 4.69) is 31.1 Å². The molecule has 94 valence electrons. The van der Waals surface area contributed by atoms with Gasteiger partial charge in [0.1, 0.15) is 0 Å². The molecule has 0 amide bonds. The Morgan fingerprint density at radius 2 is 2.06 bits per heavy atom. The molecule has 0 spiro atoms. The van der Waals surface area contributed by atoms with Gasteiger partial charge in [-0.3, -0.25) is 0 Å². The summed E-state index contributed by atoms with van der Waals surface area (Å²) in [4.78, 5) is 2.48. The molecule has 1 aliphatic carbocycles. The predicted octanol–water partition coefficient (Wildman–Crippen LogP) is 1.63. The Kier molecular flexibility index (Phi) is 3.88. The molecule has 1 N–H and O–H groups in total. The molecule has 2 fully saturated rings. The molecule has 2 rings (SSSR count). The molecule has 1 heterocycles. The van der Waals surface area contributed by atoms with Gasteiger partial charge in [-0.15, -0.1) is 0 Å². The fraction of sp³-hybridized carbons (Fsp3) is 1.00. The average Bonchev–Trinajstić information content (AvgIpc) is 2.99. The Morgan fingerprint density at radius 1 is 1.31 bits per heavy atom. The van der Waals surface area contributed by atoms with Crippen molar-refractivity contribution in [2.75, 3.05) is 26.7 Å². The van der Waals surface area contributed by atoms with Crippen molar-refractivity contribution in [3.8, 4) is 0 Å². The van der Waals surface area contributed by atoms with Gasteiger partial charge in [-0.1, -0.05) is 0 Å². The van der Waals surface area contributed by atoms with E-state index in [1.807, 2.05) is 0 Å². The fourth-order valence-electron chi connectivity index (χ4n) is 2.55. The van der Waals surface area contributed by atoms with Crippen LogP contribution in [0.4, 0.5) is 0 Å². The van der Waals surface area contributed by atoms with Gasteiger partial charge in [-0.05, 0) is 46.6 Å². The van der Waals surface area contributed by atoms with Crippen LogP contribution < -0.4 is 5.32 Å². The SMILES string of the molecule is CN(CCNC1CCOC(C)(C)C1)C1CC1. The molecule has 0 aromatic carbocycles. The van der Waals surface area contributed by atoms with Crippen molar-refractivity contribution >= 4 is 0 Å². The van der Waals surface area contributed by atoms with Crippen LogP contribution in [0.5, 0.6) is 0 Å². The van der Waals surface area contributed by atoms with E-state index < -0.39 is 0 Å². The topological polar surface area (TPSA) is 24.5 Å². The summed E-state index contributed by atoms with van der Waals surface area (Å²) in [6, 6.07) is 1.53. The summed E-state index contributed by atoms with van der Waals surface area (Å²) >= 11 is 0. The normalized spacial score (nSPS) is 29.6. The molecule has 3 nitrogen and oxygen atoms in total. The molecule has 1 saturated heterocycles. The summed E-state index contributed by atoms with van der Waals surface area (Å²) in [6.07, 6.45) is 5.11. The van der Waals surface area contributed by atoms with E-state index in [-0.39, 0.29) is 5.60 Å². The molecule has 2 aliphatic rings. The van der Waals surface area contributed by atoms with E-state index in [0.29, 0.717) is 6.04 Å². The highest BCUT2D eigenvalue weighted by atomic mass is 16.5. The number of likely N-dealkylation sites (N-methyl/N-ethyl adjacent to an activating group) is 1. The van der Waals surface area contributed by atoms with Crippen LogP contribution in [0.25, 0.3) is 0 Å².